The van der Waals surface area contributed by atoms with E-state index in [4.69, 9.17) is 9.57 Å². The molecule has 0 spiro atoms. The number of benzene rings is 2. The predicted octanol–water partition coefficient (Wildman–Crippen LogP) is 1.93. The highest BCUT2D eigenvalue weighted by atomic mass is 32.2. The van der Waals surface area contributed by atoms with Gasteiger partial charge in [-0.2, -0.15) is 4.31 Å². The minimum atomic E-state index is -3.64. The van der Waals surface area contributed by atoms with Crippen LogP contribution in [0.25, 0.3) is 11.0 Å². The summed E-state index contributed by atoms with van der Waals surface area (Å²) >= 11 is 0. The Hall–Kier alpha value is -3.18. The quantitative estimate of drug-likeness (QED) is 0.574. The van der Waals surface area contributed by atoms with E-state index in [0.717, 1.165) is 17.7 Å². The van der Waals surface area contributed by atoms with E-state index in [9.17, 15) is 13.2 Å². The van der Waals surface area contributed by atoms with Crippen molar-refractivity contribution in [2.24, 2.45) is 5.92 Å². The summed E-state index contributed by atoms with van der Waals surface area (Å²) in [5.41, 5.74) is 1.42. The maximum atomic E-state index is 13.1. The lowest BCUT2D eigenvalue weighted by Gasteiger charge is -2.30. The smallest absolute Gasteiger partial charge is 0.265 e. The number of ether oxygens (including phenoxy) is 1. The zero-order chi connectivity index (χ0) is 22.7. The Morgan fingerprint density at radius 3 is 2.72 bits per heavy atom. The van der Waals surface area contributed by atoms with Crippen molar-refractivity contribution in [1.29, 1.82) is 0 Å². The van der Waals surface area contributed by atoms with Gasteiger partial charge in [0.05, 0.1) is 12.0 Å². The monoisotopic (exact) mass is 459 g/mol. The van der Waals surface area contributed by atoms with Gasteiger partial charge in [-0.05, 0) is 66.4 Å². The number of rotatable bonds is 7. The number of methoxy groups -OCH3 is 1. The Morgan fingerprint density at radius 1 is 1.22 bits per heavy atom. The van der Waals surface area contributed by atoms with Crippen LogP contribution < -0.4 is 14.9 Å². The number of sulfonamides is 1. The lowest BCUT2D eigenvalue weighted by Crippen LogP contribution is -2.39. The minimum Gasteiger partial charge on any atom is -0.497 e. The normalized spacial score (nSPS) is 17.2. The number of nitrogens with one attached hydrogen (secondary N) is 1. The first-order valence-corrected chi connectivity index (χ1v) is 11.7. The number of hydrogen-bond donors (Lipinski definition) is 1. The summed E-state index contributed by atoms with van der Waals surface area (Å²) in [6.45, 7) is 2.73. The van der Waals surface area contributed by atoms with Crippen LogP contribution in [0.2, 0.25) is 0 Å². The summed E-state index contributed by atoms with van der Waals surface area (Å²) in [5, 5.41) is 10.6. The summed E-state index contributed by atoms with van der Waals surface area (Å²) < 4.78 is 32.8. The predicted molar refractivity (Wildman–Crippen MR) is 118 cm³/mol. The van der Waals surface area contributed by atoms with Crippen molar-refractivity contribution >= 4 is 32.7 Å². The van der Waals surface area contributed by atoms with Gasteiger partial charge in [-0.3, -0.25) is 4.79 Å². The number of hydrogen-bond acceptors (Lipinski definition) is 7. The number of carbonyl (C=O) groups excluding carboxylic acids is 1. The Labute approximate surface area is 186 Å². The van der Waals surface area contributed by atoms with E-state index in [-0.39, 0.29) is 11.5 Å². The first-order chi connectivity index (χ1) is 15.4. The molecule has 0 aliphatic carbocycles. The second-order valence-corrected chi connectivity index (χ2v) is 9.71. The van der Waals surface area contributed by atoms with Crippen LogP contribution in [0.15, 0.2) is 47.4 Å². The average Bonchev–Trinajstić information content (AvgIpc) is 3.20. The topological polar surface area (TPSA) is 116 Å². The summed E-state index contributed by atoms with van der Waals surface area (Å²) in [6.07, 6.45) is 1.86. The maximum Gasteiger partial charge on any atom is 0.265 e. The molecule has 11 heteroatoms. The molecule has 1 aliphatic rings. The molecule has 10 nitrogen and oxygen atoms in total. The first kappa shape index (κ1) is 22.0. The molecule has 4 rings (SSSR count). The number of aromatic nitrogens is 3. The number of fused-ring (bicyclic) bond motifs is 1. The van der Waals surface area contributed by atoms with Gasteiger partial charge in [-0.1, -0.05) is 11.8 Å². The van der Waals surface area contributed by atoms with Crippen LogP contribution in [0, 0.1) is 5.92 Å². The highest BCUT2D eigenvalue weighted by Crippen LogP contribution is 2.25. The van der Waals surface area contributed by atoms with E-state index < -0.39 is 15.9 Å². The van der Waals surface area contributed by atoms with Gasteiger partial charge >= 0.3 is 0 Å². The molecule has 0 radical (unpaired) electrons. The zero-order valence-corrected chi connectivity index (χ0v) is 18.7. The molecule has 0 saturated carbocycles. The molecule has 32 heavy (non-hydrogen) atoms. The van der Waals surface area contributed by atoms with Gasteiger partial charge in [0.2, 0.25) is 10.0 Å². The number of amides is 1. The molecule has 3 aromatic rings. The molecule has 1 atom stereocenters. The van der Waals surface area contributed by atoms with Crippen molar-refractivity contribution in [3.8, 4) is 5.75 Å². The fourth-order valence-electron chi connectivity index (χ4n) is 3.64. The fraction of sp³-hybridized carbons (Fsp3) is 0.381. The first-order valence-electron chi connectivity index (χ1n) is 10.3. The molecule has 1 amide bonds. The van der Waals surface area contributed by atoms with Gasteiger partial charge in [-0.25, -0.2) is 8.42 Å². The van der Waals surface area contributed by atoms with Crippen molar-refractivity contribution in [2.75, 3.05) is 32.1 Å². The Balaban J connectivity index is 1.47. The van der Waals surface area contributed by atoms with E-state index in [1.807, 2.05) is 0 Å². The minimum absolute atomic E-state index is 0.147. The molecule has 2 aromatic carbocycles. The van der Waals surface area contributed by atoms with Crippen molar-refractivity contribution in [2.45, 2.75) is 24.7 Å². The molecule has 2 heterocycles. The summed E-state index contributed by atoms with van der Waals surface area (Å²) in [5.74, 6) is 0.602. The third-order valence-electron chi connectivity index (χ3n) is 5.34. The maximum absolute atomic E-state index is 13.1. The van der Waals surface area contributed by atoms with Crippen LogP contribution in [-0.2, 0) is 14.8 Å². The molecule has 170 valence electrons. The number of anilines is 1. The van der Waals surface area contributed by atoms with Crippen molar-refractivity contribution in [1.82, 2.24) is 19.5 Å². The van der Waals surface area contributed by atoms with Gasteiger partial charge < -0.3 is 14.9 Å². The third kappa shape index (κ3) is 4.68. The SMILES string of the molecule is COc1ccc(NC(=O)COn2nnc3ccc(S(=O)(=O)N4CCCC(C)C4)cc32)cc1. The van der Waals surface area contributed by atoms with E-state index >= 15 is 0 Å². The number of carbonyl (C=O) groups is 1. The van der Waals surface area contributed by atoms with Gasteiger partial charge in [0.1, 0.15) is 16.8 Å². The molecule has 0 bridgehead atoms. The lowest BCUT2D eigenvalue weighted by atomic mass is 10.0. The van der Waals surface area contributed by atoms with Gasteiger partial charge in [0, 0.05) is 18.8 Å². The lowest BCUT2D eigenvalue weighted by molar-refractivity contribution is -0.121. The molecule has 1 saturated heterocycles. The van der Waals surface area contributed by atoms with Crippen LogP contribution >= 0.6 is 0 Å². The number of piperidine rings is 1. The van der Waals surface area contributed by atoms with Crippen LogP contribution in [0.5, 0.6) is 5.75 Å². The largest absolute Gasteiger partial charge is 0.497 e. The molecule has 1 N–H and O–H groups in total. The van der Waals surface area contributed by atoms with Crippen molar-refractivity contribution < 1.29 is 22.8 Å². The Kier molecular flexibility index (Phi) is 6.28. The average molecular weight is 460 g/mol. The van der Waals surface area contributed by atoms with Crippen LogP contribution in [0.1, 0.15) is 19.8 Å². The van der Waals surface area contributed by atoms with E-state index in [1.54, 1.807) is 37.4 Å². The van der Waals surface area contributed by atoms with Crippen LogP contribution in [-0.4, -0.2) is 60.6 Å². The third-order valence-corrected chi connectivity index (χ3v) is 7.20. The molecule has 1 fully saturated rings. The fourth-order valence-corrected chi connectivity index (χ4v) is 5.26. The van der Waals surface area contributed by atoms with Gasteiger partial charge in [0.25, 0.3) is 5.91 Å². The second-order valence-electron chi connectivity index (χ2n) is 7.77. The zero-order valence-electron chi connectivity index (χ0n) is 17.9. The second kappa shape index (κ2) is 9.13. The van der Waals surface area contributed by atoms with Crippen molar-refractivity contribution in [3.05, 3.63) is 42.5 Å². The Morgan fingerprint density at radius 2 is 2.00 bits per heavy atom. The molecule has 1 unspecified atom stereocenters. The number of nitrogens with zero attached hydrogens (tertiary/aromatic N) is 4. The summed E-state index contributed by atoms with van der Waals surface area (Å²) in [4.78, 5) is 18.9. The van der Waals surface area contributed by atoms with E-state index in [1.165, 1.54) is 16.4 Å². The van der Waals surface area contributed by atoms with Gasteiger partial charge in [0.15, 0.2) is 6.61 Å². The van der Waals surface area contributed by atoms with Crippen molar-refractivity contribution in [3.63, 3.8) is 0 Å². The highest BCUT2D eigenvalue weighted by Gasteiger charge is 2.29. The molecule has 1 aliphatic heterocycles. The molecular formula is C21H25N5O5S. The highest BCUT2D eigenvalue weighted by molar-refractivity contribution is 7.89. The van der Waals surface area contributed by atoms with Gasteiger partial charge in [-0.15, -0.1) is 5.10 Å². The van der Waals surface area contributed by atoms with E-state index in [2.05, 4.69) is 22.6 Å². The summed E-state index contributed by atoms with van der Waals surface area (Å²) in [6, 6.07) is 11.5. The van der Waals surface area contributed by atoms with Crippen LogP contribution in [0.3, 0.4) is 0 Å². The molecule has 1 aromatic heterocycles. The standard InChI is InChI=1S/C21H25N5O5S/c1-15-4-3-11-25(13-15)32(28,29)18-9-10-19-20(12-18)26(24-23-19)31-14-21(27)22-16-5-7-17(30-2)8-6-16/h5-10,12,15H,3-4,11,13-14H2,1-2H3,(H,22,27). The molecular weight excluding hydrogens is 434 g/mol. The Bertz CT molecular complexity index is 1210. The van der Waals surface area contributed by atoms with E-state index in [0.29, 0.717) is 41.5 Å². The van der Waals surface area contributed by atoms with Crippen LogP contribution in [0.4, 0.5) is 5.69 Å². The summed E-state index contributed by atoms with van der Waals surface area (Å²) in [7, 11) is -2.08.